The summed E-state index contributed by atoms with van der Waals surface area (Å²) in [7, 11) is 1.53. The van der Waals surface area contributed by atoms with Crippen molar-refractivity contribution in [3.05, 3.63) is 81.9 Å². The van der Waals surface area contributed by atoms with Crippen molar-refractivity contribution in [2.45, 2.75) is 58.3 Å². The number of halogens is 3. The van der Waals surface area contributed by atoms with Crippen LogP contribution in [0.5, 0.6) is 5.88 Å². The third-order valence-corrected chi connectivity index (χ3v) is 7.41. The second kappa shape index (κ2) is 10.3. The summed E-state index contributed by atoms with van der Waals surface area (Å²) in [4.78, 5) is 35.3. The first-order valence-electron chi connectivity index (χ1n) is 13.6. The van der Waals surface area contributed by atoms with E-state index in [0.29, 0.717) is 28.5 Å². The standard InChI is InChI=1S/C30H28F3N7O2/c1-16(2)39-14-22(30(31,32)33)37-27(39)20-7-5-18(6-8-20)13-40-23(41)11-17(3)21-12-34-26(38-28(21)40)24-25(19-9-10-19)35-15-36-29(24)42-4/h5-8,11-12,14-16,19H,9-10,13H2,1-4H3. The molecule has 12 heteroatoms. The van der Waals surface area contributed by atoms with Gasteiger partial charge in [0, 0.05) is 41.4 Å². The first-order valence-corrected chi connectivity index (χ1v) is 13.6. The monoisotopic (exact) mass is 575 g/mol. The lowest BCUT2D eigenvalue weighted by atomic mass is 10.1. The Morgan fingerprint density at radius 3 is 2.45 bits per heavy atom. The number of aryl methyl sites for hydroxylation is 1. The fraction of sp³-hybridized carbons (Fsp3) is 0.333. The molecule has 4 aromatic heterocycles. The number of alkyl halides is 3. The topological polar surface area (TPSA) is 101 Å². The number of imidazole rings is 1. The highest BCUT2D eigenvalue weighted by Crippen LogP contribution is 2.45. The van der Waals surface area contributed by atoms with E-state index >= 15 is 0 Å². The van der Waals surface area contributed by atoms with Crippen LogP contribution in [0.4, 0.5) is 13.2 Å². The first kappa shape index (κ1) is 27.6. The predicted octanol–water partition coefficient (Wildman–Crippen LogP) is 5.95. The molecule has 0 N–H and O–H groups in total. The van der Waals surface area contributed by atoms with Gasteiger partial charge < -0.3 is 9.30 Å². The van der Waals surface area contributed by atoms with Gasteiger partial charge in [-0.3, -0.25) is 9.36 Å². The smallest absolute Gasteiger partial charge is 0.434 e. The average molecular weight is 576 g/mol. The van der Waals surface area contributed by atoms with Crippen molar-refractivity contribution in [1.82, 2.24) is 34.1 Å². The molecule has 42 heavy (non-hydrogen) atoms. The molecule has 4 heterocycles. The van der Waals surface area contributed by atoms with E-state index < -0.39 is 11.9 Å². The number of hydrogen-bond donors (Lipinski definition) is 0. The van der Waals surface area contributed by atoms with Crippen molar-refractivity contribution in [3.63, 3.8) is 0 Å². The quantitative estimate of drug-likeness (QED) is 0.236. The zero-order valence-corrected chi connectivity index (χ0v) is 23.5. The van der Waals surface area contributed by atoms with E-state index in [4.69, 9.17) is 9.72 Å². The summed E-state index contributed by atoms with van der Waals surface area (Å²) in [6, 6.07) is 8.31. The maximum absolute atomic E-state index is 13.4. The van der Waals surface area contributed by atoms with E-state index in [1.54, 1.807) is 54.9 Å². The van der Waals surface area contributed by atoms with Crippen LogP contribution < -0.4 is 10.3 Å². The number of benzene rings is 1. The lowest BCUT2D eigenvalue weighted by Crippen LogP contribution is -2.22. The average Bonchev–Trinajstić information content (AvgIpc) is 3.70. The predicted molar refractivity (Wildman–Crippen MR) is 150 cm³/mol. The summed E-state index contributed by atoms with van der Waals surface area (Å²) >= 11 is 0. The van der Waals surface area contributed by atoms with Gasteiger partial charge in [0.25, 0.3) is 5.56 Å². The fourth-order valence-electron chi connectivity index (χ4n) is 5.07. The largest absolute Gasteiger partial charge is 0.480 e. The number of nitrogens with zero attached hydrogens (tertiary/aromatic N) is 7. The summed E-state index contributed by atoms with van der Waals surface area (Å²) in [5.41, 5.74) is 2.77. The number of rotatable bonds is 7. The van der Waals surface area contributed by atoms with Gasteiger partial charge in [-0.25, -0.2) is 24.9 Å². The highest BCUT2D eigenvalue weighted by Gasteiger charge is 2.35. The summed E-state index contributed by atoms with van der Waals surface area (Å²) < 4.78 is 48.7. The molecule has 0 radical (unpaired) electrons. The van der Waals surface area contributed by atoms with Gasteiger partial charge in [-0.2, -0.15) is 13.2 Å². The van der Waals surface area contributed by atoms with Crippen LogP contribution in [-0.2, 0) is 12.7 Å². The van der Waals surface area contributed by atoms with Crippen LogP contribution in [0, 0.1) is 6.92 Å². The third-order valence-electron chi connectivity index (χ3n) is 7.41. The van der Waals surface area contributed by atoms with Gasteiger partial charge in [0.2, 0.25) is 5.88 Å². The number of pyridine rings is 1. The lowest BCUT2D eigenvalue weighted by molar-refractivity contribution is -0.140. The van der Waals surface area contributed by atoms with Crippen LogP contribution in [0.25, 0.3) is 33.8 Å². The number of ether oxygens (including phenoxy) is 1. The van der Waals surface area contributed by atoms with E-state index in [1.165, 1.54) is 18.0 Å². The SMILES string of the molecule is COc1ncnc(C2CC2)c1-c1ncc2c(C)cc(=O)n(Cc3ccc(-c4nc(C(F)(F)F)cn4C(C)C)cc3)c2n1. The van der Waals surface area contributed by atoms with Gasteiger partial charge >= 0.3 is 6.18 Å². The Morgan fingerprint density at radius 2 is 1.81 bits per heavy atom. The minimum atomic E-state index is -4.54. The van der Waals surface area contributed by atoms with Crippen molar-refractivity contribution in [2.75, 3.05) is 7.11 Å². The van der Waals surface area contributed by atoms with Crippen LogP contribution in [-0.4, -0.2) is 41.2 Å². The molecule has 216 valence electrons. The first-order chi connectivity index (χ1) is 20.0. The Balaban J connectivity index is 1.40. The normalized spacial score (nSPS) is 13.7. The molecule has 0 unspecified atom stereocenters. The van der Waals surface area contributed by atoms with E-state index in [0.717, 1.165) is 41.2 Å². The van der Waals surface area contributed by atoms with Crippen molar-refractivity contribution in [3.8, 4) is 28.7 Å². The molecule has 1 aliphatic carbocycles. The summed E-state index contributed by atoms with van der Waals surface area (Å²) in [6.45, 7) is 5.63. The van der Waals surface area contributed by atoms with Crippen molar-refractivity contribution < 1.29 is 17.9 Å². The van der Waals surface area contributed by atoms with Crippen LogP contribution in [0.2, 0.25) is 0 Å². The zero-order chi connectivity index (χ0) is 29.8. The second-order valence-electron chi connectivity index (χ2n) is 10.7. The van der Waals surface area contributed by atoms with E-state index in [2.05, 4.69) is 19.9 Å². The molecule has 0 atom stereocenters. The van der Waals surface area contributed by atoms with Crippen LogP contribution >= 0.6 is 0 Å². The fourth-order valence-corrected chi connectivity index (χ4v) is 5.07. The van der Waals surface area contributed by atoms with E-state index in [-0.39, 0.29) is 29.9 Å². The van der Waals surface area contributed by atoms with E-state index in [9.17, 15) is 18.0 Å². The van der Waals surface area contributed by atoms with Gasteiger partial charge in [-0.05, 0) is 44.7 Å². The summed E-state index contributed by atoms with van der Waals surface area (Å²) in [5.74, 6) is 1.26. The lowest BCUT2D eigenvalue weighted by Gasteiger charge is -2.15. The van der Waals surface area contributed by atoms with Crippen molar-refractivity contribution in [2.24, 2.45) is 0 Å². The van der Waals surface area contributed by atoms with Crippen molar-refractivity contribution in [1.29, 1.82) is 0 Å². The number of fused-ring (bicyclic) bond motifs is 1. The van der Waals surface area contributed by atoms with Crippen LogP contribution in [0.3, 0.4) is 0 Å². The van der Waals surface area contributed by atoms with Gasteiger partial charge in [0.05, 0.1) is 19.3 Å². The highest BCUT2D eigenvalue weighted by molar-refractivity contribution is 5.81. The zero-order valence-electron chi connectivity index (χ0n) is 23.5. The minimum absolute atomic E-state index is 0.191. The summed E-state index contributed by atoms with van der Waals surface area (Å²) in [6.07, 6.45) is 1.67. The van der Waals surface area contributed by atoms with Crippen molar-refractivity contribution >= 4 is 11.0 Å². The molecule has 0 bridgehead atoms. The molecule has 5 aromatic rings. The molecular weight excluding hydrogens is 547 g/mol. The molecule has 1 aliphatic rings. The molecule has 1 fully saturated rings. The molecule has 9 nitrogen and oxygen atoms in total. The van der Waals surface area contributed by atoms with Gasteiger partial charge in [-0.1, -0.05) is 24.3 Å². The Morgan fingerprint density at radius 1 is 1.07 bits per heavy atom. The van der Waals surface area contributed by atoms with Gasteiger partial charge in [0.1, 0.15) is 23.4 Å². The molecular formula is C30H28F3N7O2. The van der Waals surface area contributed by atoms with Crippen LogP contribution in [0.1, 0.15) is 61.2 Å². The summed E-state index contributed by atoms with van der Waals surface area (Å²) in [5, 5.41) is 0.720. The number of hydrogen-bond acceptors (Lipinski definition) is 7. The Kier molecular flexibility index (Phi) is 6.78. The number of aromatic nitrogens is 7. The van der Waals surface area contributed by atoms with Gasteiger partial charge in [-0.15, -0.1) is 0 Å². The minimum Gasteiger partial charge on any atom is -0.480 e. The maximum atomic E-state index is 13.4. The molecule has 0 spiro atoms. The molecule has 1 aromatic carbocycles. The Bertz CT molecular complexity index is 1860. The Hall–Kier alpha value is -4.61. The second-order valence-corrected chi connectivity index (χ2v) is 10.7. The number of methoxy groups -OCH3 is 1. The Labute approximate surface area is 239 Å². The highest BCUT2D eigenvalue weighted by atomic mass is 19.4. The maximum Gasteiger partial charge on any atom is 0.434 e. The van der Waals surface area contributed by atoms with E-state index in [1.807, 2.05) is 6.92 Å². The van der Waals surface area contributed by atoms with Crippen LogP contribution in [0.15, 0.2) is 53.8 Å². The molecule has 0 aliphatic heterocycles. The molecule has 0 saturated heterocycles. The molecule has 0 amide bonds. The third kappa shape index (κ3) is 5.01. The molecule has 6 rings (SSSR count). The molecule has 1 saturated carbocycles. The van der Waals surface area contributed by atoms with Gasteiger partial charge in [0.15, 0.2) is 11.5 Å².